The van der Waals surface area contributed by atoms with E-state index in [-0.39, 0.29) is 41.6 Å². The van der Waals surface area contributed by atoms with Crippen LogP contribution in [0.2, 0.25) is 0 Å². The van der Waals surface area contributed by atoms with Gasteiger partial charge in [0.05, 0.1) is 0 Å². The first-order valence-corrected chi connectivity index (χ1v) is 12.1. The number of rotatable bonds is 4. The Morgan fingerprint density at radius 1 is 0.968 bits per heavy atom. The lowest BCUT2D eigenvalue weighted by Gasteiger charge is -2.59. The second-order valence-electron chi connectivity index (χ2n) is 10.9. The molecule has 2 heterocycles. The van der Waals surface area contributed by atoms with Gasteiger partial charge >= 0.3 is 6.03 Å². The molecule has 6 bridgehead atoms. The van der Waals surface area contributed by atoms with Crippen LogP contribution in [-0.2, 0) is 4.79 Å². The minimum atomic E-state index is -0.302. The van der Waals surface area contributed by atoms with Crippen molar-refractivity contribution < 1.29 is 14.3 Å². The Labute approximate surface area is 183 Å². The summed E-state index contributed by atoms with van der Waals surface area (Å²) in [6.45, 7) is 0. The van der Waals surface area contributed by atoms with Gasteiger partial charge in [-0.1, -0.05) is 18.2 Å². The number of primary amides is 1. The van der Waals surface area contributed by atoms with Gasteiger partial charge in [-0.15, -0.1) is 0 Å². The van der Waals surface area contributed by atoms with Gasteiger partial charge in [-0.2, -0.15) is 0 Å². The zero-order chi connectivity index (χ0) is 21.2. The van der Waals surface area contributed by atoms with E-state index in [0.29, 0.717) is 17.8 Å². The monoisotopic (exact) mass is 423 g/mol. The Balaban J connectivity index is 1.12. The number of nitrogens with zero attached hydrogens (tertiary/aromatic N) is 1. The predicted octanol–water partition coefficient (Wildman–Crippen LogP) is 3.45. The minimum absolute atomic E-state index is 0.108. The molecule has 0 aromatic heterocycles. The number of fused-ring (bicyclic) bond motifs is 2. The first-order valence-electron chi connectivity index (χ1n) is 12.1. The number of carbonyl (C=O) groups is 2. The molecule has 2 saturated heterocycles. The Morgan fingerprint density at radius 2 is 1.61 bits per heavy atom. The van der Waals surface area contributed by atoms with Gasteiger partial charge in [0, 0.05) is 36.4 Å². The maximum absolute atomic E-state index is 13.4. The molecule has 0 radical (unpaired) electrons. The minimum Gasteiger partial charge on any atom is -0.490 e. The fourth-order valence-corrected chi connectivity index (χ4v) is 8.03. The van der Waals surface area contributed by atoms with Gasteiger partial charge < -0.3 is 20.7 Å². The number of hydrogen-bond donors (Lipinski definition) is 2. The molecule has 5 atom stereocenters. The van der Waals surface area contributed by atoms with E-state index in [9.17, 15) is 9.59 Å². The van der Waals surface area contributed by atoms with Crippen LogP contribution in [0, 0.1) is 23.2 Å². The first-order chi connectivity index (χ1) is 15.0. The zero-order valence-electron chi connectivity index (χ0n) is 18.0. The number of nitrogens with one attached hydrogen (secondary N) is 1. The Morgan fingerprint density at radius 3 is 2.23 bits per heavy atom. The maximum Gasteiger partial charge on any atom is 0.318 e. The van der Waals surface area contributed by atoms with Crippen LogP contribution in [0.5, 0.6) is 5.75 Å². The number of piperidine rings is 1. The molecule has 3 N–H and O–H groups in total. The molecule has 1 aromatic carbocycles. The van der Waals surface area contributed by atoms with Crippen LogP contribution in [0.15, 0.2) is 30.3 Å². The van der Waals surface area contributed by atoms with Gasteiger partial charge in [0.2, 0.25) is 5.91 Å². The molecule has 6 fully saturated rings. The van der Waals surface area contributed by atoms with Gasteiger partial charge in [-0.25, -0.2) is 4.79 Å². The van der Waals surface area contributed by atoms with E-state index in [1.165, 1.54) is 0 Å². The summed E-state index contributed by atoms with van der Waals surface area (Å²) in [5, 5.41) is 3.45. The van der Waals surface area contributed by atoms with Crippen LogP contribution in [0.1, 0.15) is 57.8 Å². The number of nitrogens with two attached hydrogens (primary N) is 1. The van der Waals surface area contributed by atoms with E-state index >= 15 is 0 Å². The third-order valence-corrected chi connectivity index (χ3v) is 9.06. The topological polar surface area (TPSA) is 84.7 Å². The Kier molecular flexibility index (Phi) is 4.48. The summed E-state index contributed by atoms with van der Waals surface area (Å²) in [7, 11) is 0. The molecule has 6 aliphatic rings. The average molecular weight is 424 g/mol. The molecule has 3 amide bonds. The van der Waals surface area contributed by atoms with Crippen LogP contribution in [0.4, 0.5) is 4.79 Å². The molecule has 4 aliphatic carbocycles. The standard InChI is InChI=1S/C25H33N3O3/c26-23(29)25-12-15-8-16(13-25)22(17(9-15)14-25)27-24(30)28-18-6-7-19(28)11-21(10-18)31-20-4-2-1-3-5-20/h1-5,15-19,21-22H,6-14H2,(H2,26,29)(H,27,30)/t15?,16?,17?,18-,19?,21?,22?,25?/m0/s1. The predicted molar refractivity (Wildman–Crippen MR) is 116 cm³/mol. The third-order valence-electron chi connectivity index (χ3n) is 9.06. The molecular formula is C25H33N3O3. The van der Waals surface area contributed by atoms with Gasteiger partial charge in [-0.3, -0.25) is 4.79 Å². The van der Waals surface area contributed by atoms with Crippen LogP contribution >= 0.6 is 0 Å². The Hall–Kier alpha value is -2.24. The van der Waals surface area contributed by atoms with E-state index in [0.717, 1.165) is 63.5 Å². The van der Waals surface area contributed by atoms with Crippen molar-refractivity contribution in [3.05, 3.63) is 30.3 Å². The molecular weight excluding hydrogens is 390 g/mol. The second kappa shape index (κ2) is 7.14. The van der Waals surface area contributed by atoms with Crippen molar-refractivity contribution in [1.29, 1.82) is 0 Å². The largest absolute Gasteiger partial charge is 0.490 e. The van der Waals surface area contributed by atoms with Crippen molar-refractivity contribution in [3.63, 3.8) is 0 Å². The van der Waals surface area contributed by atoms with Crippen LogP contribution in [0.3, 0.4) is 0 Å². The smallest absolute Gasteiger partial charge is 0.318 e. The number of hydrogen-bond acceptors (Lipinski definition) is 3. The van der Waals surface area contributed by atoms with Gasteiger partial charge in [0.25, 0.3) is 0 Å². The molecule has 1 aromatic rings. The normalized spacial score (nSPS) is 42.5. The van der Waals surface area contributed by atoms with E-state index in [1.807, 2.05) is 30.3 Å². The van der Waals surface area contributed by atoms with Crippen molar-refractivity contribution in [1.82, 2.24) is 10.2 Å². The lowest BCUT2D eigenvalue weighted by atomic mass is 9.47. The van der Waals surface area contributed by atoms with E-state index < -0.39 is 0 Å². The molecule has 7 rings (SSSR count). The molecule has 166 valence electrons. The van der Waals surface area contributed by atoms with Gasteiger partial charge in [0.1, 0.15) is 11.9 Å². The molecule has 4 saturated carbocycles. The van der Waals surface area contributed by atoms with E-state index in [2.05, 4.69) is 10.2 Å². The van der Waals surface area contributed by atoms with Crippen LogP contribution in [0.25, 0.3) is 0 Å². The summed E-state index contributed by atoms with van der Waals surface area (Å²) in [4.78, 5) is 27.7. The fraction of sp³-hybridized carbons (Fsp3) is 0.680. The number of para-hydroxylation sites is 1. The summed E-state index contributed by atoms with van der Waals surface area (Å²) < 4.78 is 6.22. The molecule has 0 spiro atoms. The molecule has 6 heteroatoms. The van der Waals surface area contributed by atoms with Gasteiger partial charge in [0.15, 0.2) is 0 Å². The first kappa shape index (κ1) is 19.4. The average Bonchev–Trinajstić information content (AvgIpc) is 3.01. The number of ether oxygens (including phenoxy) is 1. The summed E-state index contributed by atoms with van der Waals surface area (Å²) in [6, 6.07) is 10.9. The highest BCUT2D eigenvalue weighted by atomic mass is 16.5. The van der Waals surface area contributed by atoms with Crippen molar-refractivity contribution in [2.24, 2.45) is 28.9 Å². The SMILES string of the molecule is NC(=O)C12CC3CC(C1)C(NC(=O)N1C4CC[C@H]1CC(Oc1ccccc1)C4)C(C3)C2. The Bertz CT molecular complexity index is 844. The summed E-state index contributed by atoms with van der Waals surface area (Å²) in [5.41, 5.74) is 5.52. The van der Waals surface area contributed by atoms with E-state index in [1.54, 1.807) is 0 Å². The van der Waals surface area contributed by atoms with Crippen LogP contribution < -0.4 is 15.8 Å². The van der Waals surface area contributed by atoms with Gasteiger partial charge in [-0.05, 0) is 74.8 Å². The number of urea groups is 1. The fourth-order valence-electron chi connectivity index (χ4n) is 8.03. The number of amides is 3. The number of benzene rings is 1. The lowest BCUT2D eigenvalue weighted by molar-refractivity contribution is -0.145. The summed E-state index contributed by atoms with van der Waals surface area (Å²) >= 11 is 0. The highest BCUT2D eigenvalue weighted by molar-refractivity contribution is 5.81. The maximum atomic E-state index is 13.4. The van der Waals surface area contributed by atoms with Crippen molar-refractivity contribution >= 4 is 11.9 Å². The summed E-state index contributed by atoms with van der Waals surface area (Å²) in [6.07, 6.45) is 9.09. The molecule has 2 aliphatic heterocycles. The van der Waals surface area contributed by atoms with E-state index in [4.69, 9.17) is 10.5 Å². The lowest BCUT2D eigenvalue weighted by Crippen LogP contribution is -2.64. The van der Waals surface area contributed by atoms with Crippen molar-refractivity contribution in [3.8, 4) is 5.75 Å². The second-order valence-corrected chi connectivity index (χ2v) is 10.9. The quantitative estimate of drug-likeness (QED) is 0.778. The third kappa shape index (κ3) is 3.21. The summed E-state index contributed by atoms with van der Waals surface area (Å²) in [5.74, 6) is 2.22. The van der Waals surface area contributed by atoms with Crippen molar-refractivity contribution in [2.75, 3.05) is 0 Å². The zero-order valence-corrected chi connectivity index (χ0v) is 18.0. The van der Waals surface area contributed by atoms with Crippen LogP contribution in [-0.4, -0.2) is 41.1 Å². The highest BCUT2D eigenvalue weighted by Gasteiger charge is 2.58. The molecule has 4 unspecified atom stereocenters. The highest BCUT2D eigenvalue weighted by Crippen LogP contribution is 2.60. The van der Waals surface area contributed by atoms with Crippen molar-refractivity contribution in [2.45, 2.75) is 82.0 Å². The number of carbonyl (C=O) groups excluding carboxylic acids is 2. The molecule has 31 heavy (non-hydrogen) atoms. The molecule has 6 nitrogen and oxygen atoms in total.